The molecular formula is C11H11Cl2NO2. The second-order valence-electron chi connectivity index (χ2n) is 3.91. The number of carbonyl (C=O) groups is 1. The first-order chi connectivity index (χ1) is 7.53. The highest BCUT2D eigenvalue weighted by Crippen LogP contribution is 2.27. The van der Waals surface area contributed by atoms with Gasteiger partial charge in [0.25, 0.3) is 0 Å². The molecule has 0 amide bonds. The van der Waals surface area contributed by atoms with Gasteiger partial charge in [0.2, 0.25) is 0 Å². The van der Waals surface area contributed by atoms with Gasteiger partial charge in [-0.1, -0.05) is 23.2 Å². The topological polar surface area (TPSA) is 52.3 Å². The molecule has 0 aromatic heterocycles. The van der Waals surface area contributed by atoms with E-state index in [1.165, 1.54) is 0 Å². The van der Waals surface area contributed by atoms with Crippen LogP contribution < -0.4 is 5.73 Å². The lowest BCUT2D eigenvalue weighted by molar-refractivity contribution is 0.0863. The molecule has 1 aliphatic rings. The second-order valence-corrected chi connectivity index (χ2v) is 4.76. The van der Waals surface area contributed by atoms with Crippen molar-refractivity contribution < 1.29 is 9.53 Å². The monoisotopic (exact) mass is 259 g/mol. The predicted molar refractivity (Wildman–Crippen MR) is 63.1 cm³/mol. The molecule has 2 N–H and O–H groups in total. The second kappa shape index (κ2) is 4.34. The third kappa shape index (κ3) is 2.09. The minimum absolute atomic E-state index is 0.211. The van der Waals surface area contributed by atoms with E-state index in [-0.39, 0.29) is 12.4 Å². The van der Waals surface area contributed by atoms with Crippen LogP contribution in [0.5, 0.6) is 0 Å². The summed E-state index contributed by atoms with van der Waals surface area (Å²) >= 11 is 11.8. The highest BCUT2D eigenvalue weighted by Gasteiger charge is 2.39. The van der Waals surface area contributed by atoms with Crippen molar-refractivity contribution in [3.05, 3.63) is 33.8 Å². The van der Waals surface area contributed by atoms with E-state index >= 15 is 0 Å². The maximum absolute atomic E-state index is 12.2. The average molecular weight is 260 g/mol. The molecule has 86 valence electrons. The summed E-state index contributed by atoms with van der Waals surface area (Å²) < 4.78 is 5.15. The number of rotatable bonds is 2. The van der Waals surface area contributed by atoms with Gasteiger partial charge in [-0.15, -0.1) is 0 Å². The van der Waals surface area contributed by atoms with Crippen molar-refractivity contribution in [2.75, 3.05) is 13.2 Å². The van der Waals surface area contributed by atoms with Crippen molar-refractivity contribution in [3.63, 3.8) is 0 Å². The van der Waals surface area contributed by atoms with E-state index in [0.29, 0.717) is 28.6 Å². The van der Waals surface area contributed by atoms with Crippen LogP contribution in [0.1, 0.15) is 16.8 Å². The molecule has 2 rings (SSSR count). The maximum atomic E-state index is 12.2. The van der Waals surface area contributed by atoms with Crippen LogP contribution in [0, 0.1) is 0 Å². The largest absolute Gasteiger partial charge is 0.379 e. The highest BCUT2D eigenvalue weighted by molar-refractivity contribution is 6.36. The molecule has 0 bridgehead atoms. The minimum Gasteiger partial charge on any atom is -0.379 e. The lowest BCUT2D eigenvalue weighted by Crippen LogP contribution is -2.48. The van der Waals surface area contributed by atoms with E-state index < -0.39 is 5.54 Å². The third-order valence-electron chi connectivity index (χ3n) is 2.68. The Morgan fingerprint density at radius 3 is 2.81 bits per heavy atom. The average Bonchev–Trinajstić information content (AvgIpc) is 2.69. The fourth-order valence-corrected chi connectivity index (χ4v) is 2.08. The van der Waals surface area contributed by atoms with Crippen molar-refractivity contribution in [3.8, 4) is 0 Å². The van der Waals surface area contributed by atoms with Gasteiger partial charge in [0.1, 0.15) is 5.54 Å². The van der Waals surface area contributed by atoms with Crippen LogP contribution in [0.25, 0.3) is 0 Å². The minimum atomic E-state index is -0.964. The van der Waals surface area contributed by atoms with Crippen LogP contribution in [-0.2, 0) is 4.74 Å². The Morgan fingerprint density at radius 2 is 2.19 bits per heavy atom. The molecule has 1 aliphatic heterocycles. The molecule has 1 fully saturated rings. The van der Waals surface area contributed by atoms with Gasteiger partial charge in [0.15, 0.2) is 5.78 Å². The van der Waals surface area contributed by atoms with E-state index in [2.05, 4.69) is 0 Å². The molecule has 0 saturated carbocycles. The van der Waals surface area contributed by atoms with Crippen LogP contribution in [0.15, 0.2) is 18.2 Å². The Hall–Kier alpha value is -0.610. The summed E-state index contributed by atoms with van der Waals surface area (Å²) in [5, 5.41) is 0.835. The van der Waals surface area contributed by atoms with Crippen molar-refractivity contribution in [1.29, 1.82) is 0 Å². The maximum Gasteiger partial charge on any atom is 0.186 e. The van der Waals surface area contributed by atoms with E-state index in [1.807, 2.05) is 0 Å². The smallest absolute Gasteiger partial charge is 0.186 e. The summed E-state index contributed by atoms with van der Waals surface area (Å²) in [4.78, 5) is 12.2. The number of ether oxygens (including phenoxy) is 1. The summed E-state index contributed by atoms with van der Waals surface area (Å²) in [6.07, 6.45) is 0.509. The lowest BCUT2D eigenvalue weighted by Gasteiger charge is -2.20. The van der Waals surface area contributed by atoms with Crippen LogP contribution in [-0.4, -0.2) is 24.5 Å². The van der Waals surface area contributed by atoms with Gasteiger partial charge in [0, 0.05) is 17.2 Å². The van der Waals surface area contributed by atoms with Gasteiger partial charge in [0.05, 0.1) is 11.6 Å². The molecule has 1 atom stereocenters. The molecule has 1 aromatic rings. The van der Waals surface area contributed by atoms with Crippen LogP contribution in [0.4, 0.5) is 0 Å². The summed E-state index contributed by atoms with van der Waals surface area (Å²) in [5.41, 5.74) is 5.38. The summed E-state index contributed by atoms with van der Waals surface area (Å²) in [6, 6.07) is 4.77. The van der Waals surface area contributed by atoms with Gasteiger partial charge in [-0.25, -0.2) is 0 Å². The Kier molecular flexibility index (Phi) is 3.22. The first kappa shape index (κ1) is 11.9. The van der Waals surface area contributed by atoms with E-state index in [1.54, 1.807) is 18.2 Å². The number of hydrogen-bond acceptors (Lipinski definition) is 3. The number of halogens is 2. The van der Waals surface area contributed by atoms with Crippen LogP contribution in [0.3, 0.4) is 0 Å². The Morgan fingerprint density at radius 1 is 1.44 bits per heavy atom. The Labute approximate surface area is 103 Å². The quantitative estimate of drug-likeness (QED) is 0.830. The first-order valence-electron chi connectivity index (χ1n) is 4.89. The number of carbonyl (C=O) groups excluding carboxylic acids is 1. The number of nitrogens with two attached hydrogens (primary N) is 1. The van der Waals surface area contributed by atoms with E-state index in [0.717, 1.165) is 0 Å². The fraction of sp³-hybridized carbons (Fsp3) is 0.364. The fourth-order valence-electron chi connectivity index (χ4n) is 1.70. The molecule has 0 spiro atoms. The van der Waals surface area contributed by atoms with E-state index in [4.69, 9.17) is 33.7 Å². The number of hydrogen-bond donors (Lipinski definition) is 1. The lowest BCUT2D eigenvalue weighted by atomic mass is 9.89. The zero-order valence-electron chi connectivity index (χ0n) is 8.50. The standard InChI is InChI=1S/C11H11Cl2NO2/c12-7-1-2-9(13)8(5-7)10(15)11(14)3-4-16-6-11/h1-2,5H,3-4,6,14H2. The normalized spacial score (nSPS) is 24.7. The molecule has 1 aromatic carbocycles. The zero-order chi connectivity index (χ0) is 11.8. The molecule has 5 heteroatoms. The summed E-state index contributed by atoms with van der Waals surface area (Å²) in [5.74, 6) is -0.211. The van der Waals surface area contributed by atoms with Gasteiger partial charge in [-0.05, 0) is 24.6 Å². The number of ketones is 1. The predicted octanol–water partition coefficient (Wildman–Crippen LogP) is 2.29. The summed E-state index contributed by atoms with van der Waals surface area (Å²) in [7, 11) is 0. The molecule has 1 unspecified atom stereocenters. The molecule has 0 aliphatic carbocycles. The molecule has 16 heavy (non-hydrogen) atoms. The SMILES string of the molecule is NC1(C(=O)c2cc(Cl)ccc2Cl)CCOC1. The molecule has 1 heterocycles. The molecule has 3 nitrogen and oxygen atoms in total. The van der Waals surface area contributed by atoms with Crippen LogP contribution >= 0.6 is 23.2 Å². The van der Waals surface area contributed by atoms with Gasteiger partial charge in [-0.2, -0.15) is 0 Å². The Bertz CT molecular complexity index is 428. The van der Waals surface area contributed by atoms with Gasteiger partial charge >= 0.3 is 0 Å². The van der Waals surface area contributed by atoms with Gasteiger partial charge < -0.3 is 10.5 Å². The van der Waals surface area contributed by atoms with E-state index in [9.17, 15) is 4.79 Å². The van der Waals surface area contributed by atoms with Crippen molar-refractivity contribution >= 4 is 29.0 Å². The number of benzene rings is 1. The molecule has 0 radical (unpaired) electrons. The highest BCUT2D eigenvalue weighted by atomic mass is 35.5. The van der Waals surface area contributed by atoms with Crippen LogP contribution in [0.2, 0.25) is 10.0 Å². The van der Waals surface area contributed by atoms with Crippen molar-refractivity contribution in [2.45, 2.75) is 12.0 Å². The molecular weight excluding hydrogens is 249 g/mol. The number of Topliss-reactive ketones (excluding diaryl/α,β-unsaturated/α-hetero) is 1. The Balaban J connectivity index is 2.36. The van der Waals surface area contributed by atoms with Crippen molar-refractivity contribution in [2.24, 2.45) is 5.73 Å². The van der Waals surface area contributed by atoms with Gasteiger partial charge in [-0.3, -0.25) is 4.79 Å². The first-order valence-corrected chi connectivity index (χ1v) is 5.65. The summed E-state index contributed by atoms with van der Waals surface area (Å²) in [6.45, 7) is 0.731. The zero-order valence-corrected chi connectivity index (χ0v) is 10.0. The third-order valence-corrected chi connectivity index (χ3v) is 3.24. The molecule has 1 saturated heterocycles. The van der Waals surface area contributed by atoms with Crippen molar-refractivity contribution in [1.82, 2.24) is 0 Å².